The highest BCUT2D eigenvalue weighted by Gasteiger charge is 2.27. The van der Waals surface area contributed by atoms with Crippen LogP contribution < -0.4 is 10.1 Å². The van der Waals surface area contributed by atoms with E-state index < -0.39 is 12.8 Å². The Morgan fingerprint density at radius 2 is 1.81 bits per heavy atom. The fraction of sp³-hybridized carbons (Fsp3) is 0.304. The third-order valence-electron chi connectivity index (χ3n) is 4.36. The molecule has 3 rings (SSSR count). The van der Waals surface area contributed by atoms with Crippen molar-refractivity contribution in [3.63, 3.8) is 0 Å². The normalized spacial score (nSPS) is 11.4. The van der Waals surface area contributed by atoms with Gasteiger partial charge in [-0.25, -0.2) is 4.98 Å². The first-order valence-corrected chi connectivity index (χ1v) is 10.9. The van der Waals surface area contributed by atoms with Gasteiger partial charge in [0.25, 0.3) is 0 Å². The van der Waals surface area contributed by atoms with Gasteiger partial charge in [0.15, 0.2) is 0 Å². The molecule has 2 aromatic carbocycles. The Morgan fingerprint density at radius 3 is 2.53 bits per heavy atom. The van der Waals surface area contributed by atoms with Crippen LogP contribution in [0.4, 0.5) is 13.2 Å². The summed E-state index contributed by atoms with van der Waals surface area (Å²) >= 11 is 1.46. The average Bonchev–Trinajstić information content (AvgIpc) is 3.21. The predicted octanol–water partition coefficient (Wildman–Crippen LogP) is 5.15. The Hall–Kier alpha value is -2.91. The highest BCUT2D eigenvalue weighted by Crippen LogP contribution is 2.32. The monoisotopic (exact) mass is 464 g/mol. The van der Waals surface area contributed by atoms with E-state index >= 15 is 0 Å². The molecule has 1 heterocycles. The molecule has 3 aromatic rings. The largest absolute Gasteiger partial charge is 0.493 e. The van der Waals surface area contributed by atoms with Crippen LogP contribution in [0.2, 0.25) is 0 Å². The van der Waals surface area contributed by atoms with E-state index in [1.165, 1.54) is 11.3 Å². The average molecular weight is 465 g/mol. The van der Waals surface area contributed by atoms with Gasteiger partial charge in [-0.1, -0.05) is 36.4 Å². The van der Waals surface area contributed by atoms with Crippen LogP contribution in [-0.4, -0.2) is 30.3 Å². The first kappa shape index (κ1) is 23.7. The topological polar surface area (TPSA) is 60.5 Å². The van der Waals surface area contributed by atoms with E-state index in [1.807, 2.05) is 36.6 Å². The van der Waals surface area contributed by atoms with E-state index in [9.17, 15) is 18.0 Å². The number of nitrogens with zero attached hydrogens (tertiary/aromatic N) is 1. The van der Waals surface area contributed by atoms with Crippen molar-refractivity contribution in [1.29, 1.82) is 0 Å². The highest BCUT2D eigenvalue weighted by molar-refractivity contribution is 7.13. The van der Waals surface area contributed by atoms with E-state index in [-0.39, 0.29) is 18.9 Å². The number of hydrogen-bond donors (Lipinski definition) is 1. The molecule has 5 nitrogen and oxygen atoms in total. The van der Waals surface area contributed by atoms with Gasteiger partial charge in [0.1, 0.15) is 17.4 Å². The van der Waals surface area contributed by atoms with E-state index in [4.69, 9.17) is 4.74 Å². The van der Waals surface area contributed by atoms with Crippen molar-refractivity contribution in [3.8, 4) is 16.3 Å². The van der Waals surface area contributed by atoms with E-state index in [2.05, 4.69) is 15.0 Å². The van der Waals surface area contributed by atoms with Crippen LogP contribution in [0.15, 0.2) is 53.9 Å². The number of ether oxygens (including phenoxy) is 2. The summed E-state index contributed by atoms with van der Waals surface area (Å²) in [4.78, 5) is 16.9. The Bertz CT molecular complexity index is 1020. The van der Waals surface area contributed by atoms with Gasteiger partial charge in [-0.2, -0.15) is 13.2 Å². The van der Waals surface area contributed by atoms with Gasteiger partial charge < -0.3 is 14.8 Å². The summed E-state index contributed by atoms with van der Waals surface area (Å²) in [5, 5.41) is 5.48. The van der Waals surface area contributed by atoms with E-state index in [1.54, 1.807) is 24.3 Å². The predicted molar refractivity (Wildman–Crippen MR) is 116 cm³/mol. The maximum absolute atomic E-state index is 12.3. The molecule has 0 bridgehead atoms. The number of halogens is 3. The van der Waals surface area contributed by atoms with Crippen molar-refractivity contribution < 1.29 is 27.4 Å². The number of carbonyl (C=O) groups is 1. The SMILES string of the molecule is CCOc1ccccc1-c1nc(CC(=O)NCc2ccc(COCC(F)(F)F)cc2)cs1. The van der Waals surface area contributed by atoms with Crippen LogP contribution in [0.5, 0.6) is 5.75 Å². The van der Waals surface area contributed by atoms with Crippen LogP contribution in [-0.2, 0) is 29.1 Å². The third kappa shape index (κ3) is 7.35. The van der Waals surface area contributed by atoms with Crippen molar-refractivity contribution in [1.82, 2.24) is 10.3 Å². The Kier molecular flexibility index (Phi) is 8.24. The number of rotatable bonds is 10. The van der Waals surface area contributed by atoms with E-state index in [0.717, 1.165) is 21.9 Å². The van der Waals surface area contributed by atoms with E-state index in [0.29, 0.717) is 24.4 Å². The molecular formula is C23H23F3N2O3S. The highest BCUT2D eigenvalue weighted by atomic mass is 32.1. The lowest BCUT2D eigenvalue weighted by molar-refractivity contribution is -0.176. The van der Waals surface area contributed by atoms with Crippen LogP contribution in [0.3, 0.4) is 0 Å². The summed E-state index contributed by atoms with van der Waals surface area (Å²) in [6.45, 7) is 1.39. The quantitative estimate of drug-likeness (QED) is 0.451. The summed E-state index contributed by atoms with van der Waals surface area (Å²) in [7, 11) is 0. The molecule has 170 valence electrons. The summed E-state index contributed by atoms with van der Waals surface area (Å²) < 4.78 is 46.6. The van der Waals surface area contributed by atoms with Crippen molar-refractivity contribution in [2.24, 2.45) is 0 Å². The fourth-order valence-corrected chi connectivity index (χ4v) is 3.75. The molecule has 0 aliphatic heterocycles. The minimum absolute atomic E-state index is 0.120. The second-order valence-corrected chi connectivity index (χ2v) is 7.81. The van der Waals surface area contributed by atoms with Gasteiger partial charge in [-0.15, -0.1) is 11.3 Å². The molecule has 0 aliphatic carbocycles. The van der Waals surface area contributed by atoms with Crippen molar-refractivity contribution in [2.45, 2.75) is 32.7 Å². The molecule has 0 radical (unpaired) electrons. The van der Waals surface area contributed by atoms with Crippen LogP contribution >= 0.6 is 11.3 Å². The van der Waals surface area contributed by atoms with Crippen LogP contribution in [0.1, 0.15) is 23.7 Å². The fourth-order valence-electron chi connectivity index (χ4n) is 2.90. The van der Waals surface area contributed by atoms with Gasteiger partial charge in [0, 0.05) is 11.9 Å². The molecule has 0 fully saturated rings. The number of amides is 1. The van der Waals surface area contributed by atoms with Gasteiger partial charge in [0.05, 0.1) is 30.9 Å². The van der Waals surface area contributed by atoms with Crippen molar-refractivity contribution in [3.05, 3.63) is 70.7 Å². The molecule has 0 aliphatic rings. The number of para-hydroxylation sites is 1. The molecule has 1 N–H and O–H groups in total. The van der Waals surface area contributed by atoms with Crippen molar-refractivity contribution >= 4 is 17.2 Å². The second kappa shape index (κ2) is 11.1. The number of benzene rings is 2. The summed E-state index contributed by atoms with van der Waals surface area (Å²) in [6, 6.07) is 14.5. The molecule has 0 spiro atoms. The molecule has 0 saturated carbocycles. The standard InChI is InChI=1S/C23H23F3N2O3S/c1-2-31-20-6-4-3-5-19(20)22-28-18(14-32-22)11-21(29)27-12-16-7-9-17(10-8-16)13-30-15-23(24,25)26/h3-10,14H,2,11-13,15H2,1H3,(H,27,29). The molecule has 32 heavy (non-hydrogen) atoms. The Balaban J connectivity index is 1.49. The smallest absolute Gasteiger partial charge is 0.411 e. The first-order chi connectivity index (χ1) is 15.3. The molecular weight excluding hydrogens is 441 g/mol. The summed E-state index contributed by atoms with van der Waals surface area (Å²) in [5.41, 5.74) is 3.03. The zero-order valence-corrected chi connectivity index (χ0v) is 18.3. The number of hydrogen-bond acceptors (Lipinski definition) is 5. The number of carbonyl (C=O) groups excluding carboxylic acids is 1. The number of alkyl halides is 3. The second-order valence-electron chi connectivity index (χ2n) is 6.95. The number of nitrogens with one attached hydrogen (secondary N) is 1. The molecule has 1 aromatic heterocycles. The molecule has 0 atom stereocenters. The lowest BCUT2D eigenvalue weighted by Crippen LogP contribution is -2.24. The number of aromatic nitrogens is 1. The molecule has 0 saturated heterocycles. The molecule has 9 heteroatoms. The lowest BCUT2D eigenvalue weighted by Gasteiger charge is -2.09. The zero-order chi connectivity index (χ0) is 23.0. The van der Waals surface area contributed by atoms with Gasteiger partial charge in [0.2, 0.25) is 5.91 Å². The summed E-state index contributed by atoms with van der Waals surface area (Å²) in [6.07, 6.45) is -4.19. The minimum Gasteiger partial charge on any atom is -0.493 e. The first-order valence-electron chi connectivity index (χ1n) is 9.99. The van der Waals surface area contributed by atoms with Crippen LogP contribution in [0.25, 0.3) is 10.6 Å². The maximum Gasteiger partial charge on any atom is 0.411 e. The van der Waals surface area contributed by atoms with Crippen LogP contribution in [0, 0.1) is 0 Å². The van der Waals surface area contributed by atoms with Gasteiger partial charge >= 0.3 is 6.18 Å². The summed E-state index contributed by atoms with van der Waals surface area (Å²) in [5.74, 6) is 0.588. The Morgan fingerprint density at radius 1 is 1.09 bits per heavy atom. The maximum atomic E-state index is 12.3. The third-order valence-corrected chi connectivity index (χ3v) is 5.28. The zero-order valence-electron chi connectivity index (χ0n) is 17.4. The Labute approximate surface area is 188 Å². The minimum atomic E-state index is -4.34. The molecule has 0 unspecified atom stereocenters. The van der Waals surface area contributed by atoms with Gasteiger partial charge in [-0.3, -0.25) is 4.79 Å². The molecule has 1 amide bonds. The lowest BCUT2D eigenvalue weighted by atomic mass is 10.1. The number of thiazole rings is 1. The van der Waals surface area contributed by atoms with Gasteiger partial charge in [-0.05, 0) is 30.2 Å². The van der Waals surface area contributed by atoms with Crippen molar-refractivity contribution in [2.75, 3.05) is 13.2 Å².